The molecule has 4 rings (SSSR count). The number of carbonyl (C=O) groups is 1. The Bertz CT molecular complexity index is 1260. The van der Waals surface area contributed by atoms with Crippen molar-refractivity contribution in [3.8, 4) is 11.1 Å². The van der Waals surface area contributed by atoms with Gasteiger partial charge in [0.2, 0.25) is 15.9 Å². The number of nitrogens with two attached hydrogens (primary N) is 2. The number of sulfonamides is 1. The number of benzene rings is 2. The molecular weight excluding hydrogens is 414 g/mol. The van der Waals surface area contributed by atoms with Crippen LogP contribution in [0.3, 0.4) is 0 Å². The number of aromatic nitrogens is 1. The highest BCUT2D eigenvalue weighted by atomic mass is 32.2. The second kappa shape index (κ2) is 8.29. The van der Waals surface area contributed by atoms with Gasteiger partial charge in [-0.25, -0.2) is 18.5 Å². The Morgan fingerprint density at radius 3 is 2.65 bits per heavy atom. The molecule has 0 radical (unpaired) electrons. The molecule has 2 aromatic carbocycles. The van der Waals surface area contributed by atoms with Crippen LogP contribution in [0.5, 0.6) is 0 Å². The van der Waals surface area contributed by atoms with E-state index in [1.807, 2.05) is 24.3 Å². The van der Waals surface area contributed by atoms with Crippen molar-refractivity contribution in [2.24, 2.45) is 22.0 Å². The molecule has 0 bridgehead atoms. The zero-order valence-corrected chi connectivity index (χ0v) is 17.3. The van der Waals surface area contributed by atoms with Crippen LogP contribution in [0.4, 0.5) is 5.82 Å². The summed E-state index contributed by atoms with van der Waals surface area (Å²) < 4.78 is 23.6. The fourth-order valence-corrected chi connectivity index (χ4v) is 4.37. The number of hydrazone groups is 1. The van der Waals surface area contributed by atoms with E-state index in [4.69, 9.17) is 11.0 Å². The number of amides is 1. The lowest BCUT2D eigenvalue weighted by Crippen LogP contribution is -2.15. The maximum atomic E-state index is 12.6. The molecule has 1 aliphatic rings. The van der Waals surface area contributed by atoms with Crippen molar-refractivity contribution in [3.05, 3.63) is 78.0 Å². The Balaban J connectivity index is 1.45. The number of primary sulfonamides is 1. The van der Waals surface area contributed by atoms with E-state index in [0.717, 1.165) is 17.5 Å². The van der Waals surface area contributed by atoms with Crippen molar-refractivity contribution in [2.45, 2.75) is 17.2 Å². The monoisotopic (exact) mass is 435 g/mol. The van der Waals surface area contributed by atoms with Gasteiger partial charge >= 0.3 is 0 Å². The topological polar surface area (TPSA) is 141 Å². The minimum atomic E-state index is -3.87. The predicted molar refractivity (Wildman–Crippen MR) is 119 cm³/mol. The fourth-order valence-electron chi connectivity index (χ4n) is 3.61. The van der Waals surface area contributed by atoms with Crippen LogP contribution < -0.4 is 16.3 Å². The Kier molecular flexibility index (Phi) is 5.53. The summed E-state index contributed by atoms with van der Waals surface area (Å²) in [5.74, 6) is 5.51. The molecule has 0 aliphatic heterocycles. The smallest absolute Gasteiger partial charge is 0.238 e. The second-order valence-corrected chi connectivity index (χ2v) is 8.89. The molecule has 1 fully saturated rings. The van der Waals surface area contributed by atoms with E-state index in [1.54, 1.807) is 36.5 Å². The normalized spacial score (nSPS) is 18.1. The molecule has 31 heavy (non-hydrogen) atoms. The Labute approximate surface area is 180 Å². The minimum absolute atomic E-state index is 0.0244. The zero-order valence-electron chi connectivity index (χ0n) is 16.5. The standard InChI is InChI=1S/C22H21N5O3S/c23-26-12-14-4-3-5-15(10-14)18-11-19(18)22(28)27-21-9-8-16(13-25-21)17-6-1-2-7-20(17)31(24,29)30/h1-10,12-13,18-19H,11,23H2,(H2,24,29,30)(H,25,27,28)/t18-,19-/m1/s1. The number of hydrogen-bond donors (Lipinski definition) is 3. The van der Waals surface area contributed by atoms with Gasteiger partial charge in [-0.3, -0.25) is 4.79 Å². The molecule has 1 aliphatic carbocycles. The molecule has 1 saturated carbocycles. The van der Waals surface area contributed by atoms with Gasteiger partial charge in [0.15, 0.2) is 0 Å². The highest BCUT2D eigenvalue weighted by Crippen LogP contribution is 2.48. The maximum absolute atomic E-state index is 12.6. The third kappa shape index (κ3) is 4.62. The van der Waals surface area contributed by atoms with E-state index in [2.05, 4.69) is 15.4 Å². The van der Waals surface area contributed by atoms with E-state index >= 15 is 0 Å². The molecule has 0 saturated heterocycles. The van der Waals surface area contributed by atoms with Gasteiger partial charge in [0, 0.05) is 23.2 Å². The largest absolute Gasteiger partial charge is 0.323 e. The molecule has 158 valence electrons. The number of rotatable bonds is 6. The first kappa shape index (κ1) is 20.7. The third-order valence-electron chi connectivity index (χ3n) is 5.21. The first-order chi connectivity index (χ1) is 14.9. The molecule has 2 atom stereocenters. The molecule has 8 nitrogen and oxygen atoms in total. The van der Waals surface area contributed by atoms with Crippen molar-refractivity contribution < 1.29 is 13.2 Å². The summed E-state index contributed by atoms with van der Waals surface area (Å²) in [5.41, 5.74) is 3.01. The second-order valence-electron chi connectivity index (χ2n) is 7.36. The lowest BCUT2D eigenvalue weighted by Gasteiger charge is -2.09. The van der Waals surface area contributed by atoms with Crippen molar-refractivity contribution in [1.82, 2.24) is 4.98 Å². The Morgan fingerprint density at radius 2 is 1.94 bits per heavy atom. The quantitative estimate of drug-likeness (QED) is 0.310. The fraction of sp³-hybridized carbons (Fsp3) is 0.136. The number of anilines is 1. The van der Waals surface area contributed by atoms with Crippen molar-refractivity contribution in [1.29, 1.82) is 0 Å². The van der Waals surface area contributed by atoms with Crippen LogP contribution in [0.25, 0.3) is 11.1 Å². The lowest BCUT2D eigenvalue weighted by molar-refractivity contribution is -0.117. The molecule has 0 unspecified atom stereocenters. The molecule has 1 heterocycles. The van der Waals surface area contributed by atoms with Crippen molar-refractivity contribution >= 4 is 28.0 Å². The average molecular weight is 436 g/mol. The average Bonchev–Trinajstić information content (AvgIpc) is 3.55. The minimum Gasteiger partial charge on any atom is -0.323 e. The molecule has 1 aromatic heterocycles. The summed E-state index contributed by atoms with van der Waals surface area (Å²) in [7, 11) is -3.87. The number of carbonyl (C=O) groups excluding carboxylic acids is 1. The van der Waals surface area contributed by atoms with Gasteiger partial charge in [-0.1, -0.05) is 36.4 Å². The van der Waals surface area contributed by atoms with Gasteiger partial charge in [0.05, 0.1) is 11.1 Å². The number of nitrogens with one attached hydrogen (secondary N) is 1. The van der Waals surface area contributed by atoms with E-state index in [1.165, 1.54) is 12.3 Å². The van der Waals surface area contributed by atoms with Gasteiger partial charge in [0.25, 0.3) is 0 Å². The van der Waals surface area contributed by atoms with Gasteiger partial charge in [0.1, 0.15) is 5.82 Å². The molecular formula is C22H21N5O3S. The first-order valence-corrected chi connectivity index (χ1v) is 11.1. The van der Waals surface area contributed by atoms with Crippen molar-refractivity contribution in [2.75, 3.05) is 5.32 Å². The summed E-state index contributed by atoms with van der Waals surface area (Å²) in [6.45, 7) is 0. The van der Waals surface area contributed by atoms with Crippen LogP contribution >= 0.6 is 0 Å². The van der Waals surface area contributed by atoms with Gasteiger partial charge < -0.3 is 11.2 Å². The number of pyridine rings is 1. The summed E-state index contributed by atoms with van der Waals surface area (Å²) in [5, 5.41) is 11.7. The highest BCUT2D eigenvalue weighted by Gasteiger charge is 2.44. The van der Waals surface area contributed by atoms with Gasteiger partial charge in [-0.05, 0) is 47.7 Å². The zero-order chi connectivity index (χ0) is 22.0. The molecule has 0 spiro atoms. The van der Waals surface area contributed by atoms with E-state index in [-0.39, 0.29) is 22.6 Å². The van der Waals surface area contributed by atoms with Gasteiger partial charge in [-0.2, -0.15) is 5.10 Å². The predicted octanol–water partition coefficient (Wildman–Crippen LogP) is 2.43. The third-order valence-corrected chi connectivity index (χ3v) is 6.18. The number of nitrogens with zero attached hydrogens (tertiary/aromatic N) is 2. The summed E-state index contributed by atoms with van der Waals surface area (Å²) in [4.78, 5) is 16.9. The Morgan fingerprint density at radius 1 is 1.13 bits per heavy atom. The molecule has 1 amide bonds. The van der Waals surface area contributed by atoms with Gasteiger partial charge in [-0.15, -0.1) is 0 Å². The molecule has 5 N–H and O–H groups in total. The van der Waals surface area contributed by atoms with Crippen LogP contribution in [-0.2, 0) is 14.8 Å². The van der Waals surface area contributed by atoms with Crippen LogP contribution in [0, 0.1) is 5.92 Å². The first-order valence-electron chi connectivity index (χ1n) is 9.59. The van der Waals surface area contributed by atoms with E-state index in [9.17, 15) is 13.2 Å². The SMILES string of the molecule is NN=Cc1cccc([C@H]2C[C@H]2C(=O)Nc2ccc(-c3ccccc3S(N)(=O)=O)cn2)c1. The van der Waals surface area contributed by atoms with Crippen molar-refractivity contribution in [3.63, 3.8) is 0 Å². The molecule has 3 aromatic rings. The van der Waals surface area contributed by atoms with Crippen LogP contribution in [0.15, 0.2) is 76.9 Å². The van der Waals surface area contributed by atoms with E-state index < -0.39 is 10.0 Å². The summed E-state index contributed by atoms with van der Waals surface area (Å²) in [6.07, 6.45) is 3.84. The van der Waals surface area contributed by atoms with Crippen LogP contribution in [0.2, 0.25) is 0 Å². The highest BCUT2D eigenvalue weighted by molar-refractivity contribution is 7.89. The van der Waals surface area contributed by atoms with E-state index in [0.29, 0.717) is 16.9 Å². The number of hydrogen-bond acceptors (Lipinski definition) is 6. The van der Waals surface area contributed by atoms with Crippen LogP contribution in [-0.4, -0.2) is 25.5 Å². The summed E-state index contributed by atoms with van der Waals surface area (Å²) in [6, 6.07) is 17.6. The van der Waals surface area contributed by atoms with Crippen LogP contribution in [0.1, 0.15) is 23.5 Å². The Hall–Kier alpha value is -3.56. The lowest BCUT2D eigenvalue weighted by atomic mass is 10.1. The molecule has 9 heteroatoms. The maximum Gasteiger partial charge on any atom is 0.238 e. The summed E-state index contributed by atoms with van der Waals surface area (Å²) >= 11 is 0.